The van der Waals surface area contributed by atoms with E-state index in [1.165, 1.54) is 25.7 Å². The van der Waals surface area contributed by atoms with Crippen LogP contribution in [0.2, 0.25) is 0 Å². The minimum Gasteiger partial charge on any atom is -0.305 e. The average molecular weight is 1170 g/mol. The third-order valence-electron chi connectivity index (χ3n) is 14.1. The van der Waals surface area contributed by atoms with Crippen LogP contribution in [0.15, 0.2) is 243 Å². The maximum atomic E-state index is 4.84. The van der Waals surface area contributed by atoms with Gasteiger partial charge in [0.1, 0.15) is 0 Å². The summed E-state index contributed by atoms with van der Waals surface area (Å²) in [7, 11) is 0. The number of hydrogen-bond donors (Lipinski definition) is 0. The van der Waals surface area contributed by atoms with E-state index in [-0.39, 0.29) is 20.1 Å². The Bertz CT molecular complexity index is 4070. The van der Waals surface area contributed by atoms with Crippen molar-refractivity contribution in [3.8, 4) is 112 Å². The largest absolute Gasteiger partial charge is 3.00 e. The van der Waals surface area contributed by atoms with Gasteiger partial charge in [0.25, 0.3) is 0 Å². The molecule has 4 aromatic heterocycles. The monoisotopic (exact) mass is 1170 g/mol. The van der Waals surface area contributed by atoms with E-state index in [9.17, 15) is 0 Å². The van der Waals surface area contributed by atoms with Crippen molar-refractivity contribution >= 4 is 31.5 Å². The van der Waals surface area contributed by atoms with Crippen LogP contribution in [-0.4, -0.2) is 15.0 Å². The van der Waals surface area contributed by atoms with E-state index in [1.807, 2.05) is 29.9 Å². The predicted octanol–water partition coefficient (Wildman–Crippen LogP) is 18.9. The van der Waals surface area contributed by atoms with Crippen molar-refractivity contribution < 1.29 is 20.1 Å². The average Bonchev–Trinajstić information content (AvgIpc) is 3.87. The van der Waals surface area contributed by atoms with Crippen molar-refractivity contribution in [1.82, 2.24) is 15.0 Å². The number of hydrogen-bond acceptors (Lipinski definition) is 4. The molecule has 0 amide bonds. The molecule has 0 saturated heterocycles. The SMILES string of the molecule is Cc1ccc(-c2[c-]cc(-c3ccccc3-c3cc(-c4ccccc4-c4c[c-]c(-c5ccc(C)cn5)cc4)cc(-c4ccccc4-c4c[c-]c(-c5cc(-c6ccc7c(c6)sc6ccccc67)ccn5)cc4)c3)cc2)nc1.[Ir+3]. The van der Waals surface area contributed by atoms with Crippen molar-refractivity contribution in [1.29, 1.82) is 0 Å². The second-order valence-corrected chi connectivity index (χ2v) is 20.2. The maximum absolute atomic E-state index is 4.84. The summed E-state index contributed by atoms with van der Waals surface area (Å²) in [4.78, 5) is 14.2. The first kappa shape index (κ1) is 48.3. The van der Waals surface area contributed by atoms with Crippen LogP contribution in [0, 0.1) is 32.0 Å². The topological polar surface area (TPSA) is 38.7 Å². The summed E-state index contributed by atoms with van der Waals surface area (Å²) in [5.74, 6) is 0. The van der Waals surface area contributed by atoms with E-state index in [4.69, 9.17) is 4.98 Å². The van der Waals surface area contributed by atoms with Crippen LogP contribution in [0.3, 0.4) is 0 Å². The summed E-state index contributed by atoms with van der Waals surface area (Å²) in [5, 5.41) is 2.60. The molecule has 3 nitrogen and oxygen atoms in total. The van der Waals surface area contributed by atoms with Gasteiger partial charge >= 0.3 is 20.1 Å². The molecule has 0 N–H and O–H groups in total. The molecule has 13 aromatic rings. The van der Waals surface area contributed by atoms with Gasteiger partial charge in [0.15, 0.2) is 0 Å². The first-order valence-corrected chi connectivity index (χ1v) is 26.0. The molecule has 0 spiro atoms. The summed E-state index contributed by atoms with van der Waals surface area (Å²) < 4.78 is 2.59. The van der Waals surface area contributed by atoms with Crippen LogP contribution < -0.4 is 0 Å². The molecule has 0 radical (unpaired) electrons. The predicted molar refractivity (Wildman–Crippen MR) is 313 cm³/mol. The van der Waals surface area contributed by atoms with Gasteiger partial charge in [-0.15, -0.1) is 101 Å². The van der Waals surface area contributed by atoms with Gasteiger partial charge in [0, 0.05) is 38.8 Å². The molecule has 4 heterocycles. The zero-order valence-corrected chi connectivity index (χ0v) is 44.9. The Morgan fingerprint density at radius 2 is 0.724 bits per heavy atom. The molecule has 0 saturated carbocycles. The van der Waals surface area contributed by atoms with Crippen LogP contribution >= 0.6 is 11.3 Å². The Labute approximate surface area is 461 Å². The maximum Gasteiger partial charge on any atom is 3.00 e. The van der Waals surface area contributed by atoms with E-state index >= 15 is 0 Å². The molecule has 9 aromatic carbocycles. The molecule has 360 valence electrons. The van der Waals surface area contributed by atoms with Gasteiger partial charge in [-0.1, -0.05) is 167 Å². The molecule has 0 aliphatic rings. The van der Waals surface area contributed by atoms with Gasteiger partial charge in [0.2, 0.25) is 0 Å². The van der Waals surface area contributed by atoms with Gasteiger partial charge in [-0.3, -0.25) is 0 Å². The van der Waals surface area contributed by atoms with Crippen molar-refractivity contribution in [2.24, 2.45) is 0 Å². The molecule has 76 heavy (non-hydrogen) atoms. The number of pyridine rings is 3. The van der Waals surface area contributed by atoms with Crippen LogP contribution in [0.4, 0.5) is 0 Å². The molecular formula is C71H46IrN3S. The van der Waals surface area contributed by atoms with Crippen LogP contribution in [0.25, 0.3) is 132 Å². The Balaban J connectivity index is 0.00000582. The molecule has 5 heteroatoms. The number of thiophene rings is 1. The van der Waals surface area contributed by atoms with Crippen LogP contribution in [0.1, 0.15) is 11.1 Å². The van der Waals surface area contributed by atoms with Crippen molar-refractivity contribution in [3.63, 3.8) is 0 Å². The van der Waals surface area contributed by atoms with E-state index in [0.717, 1.165) is 117 Å². The number of fused-ring (bicyclic) bond motifs is 3. The summed E-state index contributed by atoms with van der Waals surface area (Å²) in [6, 6.07) is 91.1. The summed E-state index contributed by atoms with van der Waals surface area (Å²) in [5.41, 5.74) is 23.5. The standard InChI is InChI=1S/C71H46N3S.Ir/c1-46-19-35-67(73-44-46)51-27-21-48(22-28-51)59-11-3-6-14-62(59)56-39-57(63-15-7-4-12-60(63)49-23-29-52(30-24-49)68-36-20-47(2)45-74-68)41-58(40-56)64-16-8-5-13-61(64)50-25-31-53(32-26-50)69-42-55(37-38-72-69)54-33-34-66-65-17-9-10-18-70(65)75-71(66)43-54;/h3-27,29,31,33-45H,1-2H3;/q-3;+3. The molecule has 0 bridgehead atoms. The Morgan fingerprint density at radius 3 is 1.17 bits per heavy atom. The van der Waals surface area contributed by atoms with E-state index in [1.54, 1.807) is 0 Å². The van der Waals surface area contributed by atoms with Gasteiger partial charge in [-0.05, 0) is 123 Å². The second kappa shape index (κ2) is 20.9. The number of nitrogens with zero attached hydrogens (tertiary/aromatic N) is 3. The number of benzene rings is 9. The zero-order valence-electron chi connectivity index (χ0n) is 41.7. The number of rotatable bonds is 10. The molecule has 0 aliphatic heterocycles. The summed E-state index contributed by atoms with van der Waals surface area (Å²) in [6.45, 7) is 4.11. The molecular weight excluding hydrogens is 1120 g/mol. The Hall–Kier alpha value is -8.70. The van der Waals surface area contributed by atoms with Crippen LogP contribution in [-0.2, 0) is 20.1 Å². The third kappa shape index (κ3) is 9.53. The van der Waals surface area contributed by atoms with Crippen LogP contribution in [0.5, 0.6) is 0 Å². The minimum absolute atomic E-state index is 0. The fourth-order valence-corrected chi connectivity index (χ4v) is 11.4. The van der Waals surface area contributed by atoms with E-state index in [2.05, 4.69) is 266 Å². The second-order valence-electron chi connectivity index (χ2n) is 19.1. The quantitative estimate of drug-likeness (QED) is 0.128. The molecule has 0 fully saturated rings. The summed E-state index contributed by atoms with van der Waals surface area (Å²) in [6.07, 6.45) is 5.72. The van der Waals surface area contributed by atoms with E-state index in [0.29, 0.717) is 0 Å². The number of aryl methyl sites for hydroxylation is 2. The van der Waals surface area contributed by atoms with Gasteiger partial charge in [-0.25, -0.2) is 0 Å². The van der Waals surface area contributed by atoms with Crippen molar-refractivity contribution in [2.75, 3.05) is 0 Å². The third-order valence-corrected chi connectivity index (χ3v) is 15.3. The molecule has 0 unspecified atom stereocenters. The fraction of sp³-hybridized carbons (Fsp3) is 0.0282. The van der Waals surface area contributed by atoms with Crippen molar-refractivity contribution in [2.45, 2.75) is 13.8 Å². The van der Waals surface area contributed by atoms with Gasteiger partial charge in [0.05, 0.1) is 0 Å². The van der Waals surface area contributed by atoms with Crippen molar-refractivity contribution in [3.05, 3.63) is 272 Å². The summed E-state index contributed by atoms with van der Waals surface area (Å²) >= 11 is 1.84. The van der Waals surface area contributed by atoms with Gasteiger partial charge in [-0.2, -0.15) is 0 Å². The zero-order chi connectivity index (χ0) is 50.2. The van der Waals surface area contributed by atoms with E-state index < -0.39 is 0 Å². The van der Waals surface area contributed by atoms with Gasteiger partial charge < -0.3 is 15.0 Å². The first-order chi connectivity index (χ1) is 37.0. The molecule has 0 atom stereocenters. The fourth-order valence-electron chi connectivity index (χ4n) is 10.2. The normalized spacial score (nSPS) is 11.2. The number of aromatic nitrogens is 3. The molecule has 13 rings (SSSR count). The minimum atomic E-state index is 0. The Morgan fingerprint density at radius 1 is 0.316 bits per heavy atom. The Kier molecular flexibility index (Phi) is 13.3. The molecule has 0 aliphatic carbocycles. The smallest absolute Gasteiger partial charge is 0.305 e. The first-order valence-electron chi connectivity index (χ1n) is 25.2.